The maximum absolute atomic E-state index is 12.4. The lowest BCUT2D eigenvalue weighted by Crippen LogP contribution is -2.34. The number of esters is 1. The summed E-state index contributed by atoms with van der Waals surface area (Å²) in [6, 6.07) is 16.5. The van der Waals surface area contributed by atoms with Crippen LogP contribution in [-0.4, -0.2) is 30.2 Å². The van der Waals surface area contributed by atoms with Gasteiger partial charge < -0.3 is 18.9 Å². The number of hydrogen-bond donors (Lipinski definition) is 0. The lowest BCUT2D eigenvalue weighted by molar-refractivity contribution is -0.147. The first kappa shape index (κ1) is 22.1. The molecule has 1 heterocycles. The van der Waals surface area contributed by atoms with Crippen LogP contribution < -0.4 is 9.64 Å². The van der Waals surface area contributed by atoms with E-state index in [4.69, 9.17) is 14.0 Å². The number of likely N-dealkylation sites (N-methyl/N-ethyl adjacent to an activating group) is 1. The van der Waals surface area contributed by atoms with Crippen LogP contribution in [-0.2, 0) is 27.4 Å². The van der Waals surface area contributed by atoms with E-state index in [1.165, 1.54) is 0 Å². The zero-order chi connectivity index (χ0) is 22.2. The lowest BCUT2D eigenvalue weighted by Gasteiger charge is -2.20. The van der Waals surface area contributed by atoms with Crippen LogP contribution in [0.4, 0.5) is 5.69 Å². The molecule has 2 aromatic carbocycles. The lowest BCUT2D eigenvalue weighted by atomic mass is 10.1. The number of ether oxygens (including phenoxy) is 2. The van der Waals surface area contributed by atoms with Crippen molar-refractivity contribution in [2.45, 2.75) is 33.8 Å². The van der Waals surface area contributed by atoms with Crippen molar-refractivity contribution in [3.05, 3.63) is 77.2 Å². The molecule has 1 amide bonds. The average molecular weight is 422 g/mol. The molecule has 0 spiro atoms. The van der Waals surface area contributed by atoms with Gasteiger partial charge in [0.15, 0.2) is 6.61 Å². The molecule has 0 saturated carbocycles. The summed E-state index contributed by atoms with van der Waals surface area (Å²) in [5.74, 6) is 0.695. The second-order valence-electron chi connectivity index (χ2n) is 7.05. The summed E-state index contributed by atoms with van der Waals surface area (Å²) >= 11 is 0. The van der Waals surface area contributed by atoms with Gasteiger partial charge in [0.2, 0.25) is 0 Å². The Bertz CT molecular complexity index is 993. The minimum absolute atomic E-state index is 0.0783. The number of amides is 1. The molecule has 0 fully saturated rings. The second kappa shape index (κ2) is 10.4. The van der Waals surface area contributed by atoms with E-state index in [0.717, 1.165) is 28.3 Å². The van der Waals surface area contributed by atoms with Crippen molar-refractivity contribution in [1.82, 2.24) is 5.16 Å². The molecule has 0 radical (unpaired) electrons. The van der Waals surface area contributed by atoms with E-state index in [9.17, 15) is 9.59 Å². The minimum atomic E-state index is -0.457. The number of benzene rings is 2. The molecule has 0 atom stereocenters. The summed E-state index contributed by atoms with van der Waals surface area (Å²) in [6.07, 6.45) is 0.0783. The summed E-state index contributed by atoms with van der Waals surface area (Å²) in [4.78, 5) is 26.2. The molecule has 3 aromatic rings. The Morgan fingerprint density at radius 3 is 2.35 bits per heavy atom. The van der Waals surface area contributed by atoms with E-state index in [-0.39, 0.29) is 18.9 Å². The quantitative estimate of drug-likeness (QED) is 0.485. The first-order valence-electron chi connectivity index (χ1n) is 10.1. The van der Waals surface area contributed by atoms with E-state index < -0.39 is 5.97 Å². The van der Waals surface area contributed by atoms with Gasteiger partial charge in [0.25, 0.3) is 5.91 Å². The molecule has 0 aliphatic carbocycles. The van der Waals surface area contributed by atoms with Crippen LogP contribution in [0.2, 0.25) is 0 Å². The topological polar surface area (TPSA) is 81.9 Å². The molecule has 162 valence electrons. The smallest absolute Gasteiger partial charge is 0.310 e. The summed E-state index contributed by atoms with van der Waals surface area (Å²) < 4.78 is 16.1. The number of carbonyl (C=O) groups is 2. The molecule has 0 aliphatic heterocycles. The molecule has 0 unspecified atom stereocenters. The van der Waals surface area contributed by atoms with Gasteiger partial charge >= 0.3 is 5.97 Å². The Labute approximate surface area is 181 Å². The highest BCUT2D eigenvalue weighted by atomic mass is 16.5. The summed E-state index contributed by atoms with van der Waals surface area (Å²) in [5, 5.41) is 3.91. The van der Waals surface area contributed by atoms with Gasteiger partial charge in [0.1, 0.15) is 18.1 Å². The molecule has 0 aliphatic rings. The van der Waals surface area contributed by atoms with Gasteiger partial charge in [-0.05, 0) is 50.6 Å². The van der Waals surface area contributed by atoms with Crippen molar-refractivity contribution < 1.29 is 23.6 Å². The summed E-state index contributed by atoms with van der Waals surface area (Å²) in [6.45, 7) is 6.16. The molecular formula is C24H26N2O5. The Morgan fingerprint density at radius 2 is 1.74 bits per heavy atom. The van der Waals surface area contributed by atoms with Crippen LogP contribution in [0.3, 0.4) is 0 Å². The minimum Gasteiger partial charge on any atom is -0.489 e. The molecule has 1 aromatic heterocycles. The van der Waals surface area contributed by atoms with Crippen molar-refractivity contribution in [1.29, 1.82) is 0 Å². The Morgan fingerprint density at radius 1 is 1.03 bits per heavy atom. The van der Waals surface area contributed by atoms with Gasteiger partial charge in [-0.25, -0.2) is 0 Å². The molecule has 0 bridgehead atoms. The first-order valence-corrected chi connectivity index (χ1v) is 10.1. The standard InChI is InChI=1S/C24H26N2O5/c1-4-26(20-8-6-5-7-9-20)23(27)16-30-24(28)14-19-10-12-21(13-11-19)29-15-22-17(2)25-31-18(22)3/h5-13H,4,14-16H2,1-3H3. The Balaban J connectivity index is 1.47. The maximum Gasteiger partial charge on any atom is 0.310 e. The van der Waals surface area contributed by atoms with Crippen LogP contribution >= 0.6 is 0 Å². The van der Waals surface area contributed by atoms with Crippen molar-refractivity contribution in [3.8, 4) is 5.75 Å². The van der Waals surface area contributed by atoms with E-state index in [1.807, 2.05) is 51.1 Å². The second-order valence-corrected chi connectivity index (χ2v) is 7.05. The molecule has 0 saturated heterocycles. The number of hydrogen-bond acceptors (Lipinski definition) is 6. The Kier molecular flexibility index (Phi) is 7.43. The van der Waals surface area contributed by atoms with E-state index in [0.29, 0.717) is 18.9 Å². The predicted octanol–water partition coefficient (Wildman–Crippen LogP) is 4.01. The SMILES string of the molecule is CCN(C(=O)COC(=O)Cc1ccc(OCc2c(C)noc2C)cc1)c1ccccc1. The summed E-state index contributed by atoms with van der Waals surface area (Å²) in [7, 11) is 0. The predicted molar refractivity (Wildman–Crippen MR) is 116 cm³/mol. The van der Waals surface area contributed by atoms with Crippen LogP contribution in [0.25, 0.3) is 0 Å². The van der Waals surface area contributed by atoms with E-state index in [2.05, 4.69) is 5.16 Å². The van der Waals surface area contributed by atoms with E-state index in [1.54, 1.807) is 29.2 Å². The van der Waals surface area contributed by atoms with Crippen molar-refractivity contribution in [2.75, 3.05) is 18.1 Å². The van der Waals surface area contributed by atoms with Crippen molar-refractivity contribution >= 4 is 17.6 Å². The molecule has 0 N–H and O–H groups in total. The average Bonchev–Trinajstić information content (AvgIpc) is 3.10. The van der Waals surface area contributed by atoms with Crippen molar-refractivity contribution in [2.24, 2.45) is 0 Å². The maximum atomic E-state index is 12.4. The zero-order valence-corrected chi connectivity index (χ0v) is 18.0. The van der Waals surface area contributed by atoms with Gasteiger partial charge in [-0.15, -0.1) is 0 Å². The fraction of sp³-hybridized carbons (Fsp3) is 0.292. The number of aryl methyl sites for hydroxylation is 2. The Hall–Kier alpha value is -3.61. The van der Waals surface area contributed by atoms with Crippen molar-refractivity contribution in [3.63, 3.8) is 0 Å². The largest absolute Gasteiger partial charge is 0.489 e. The zero-order valence-electron chi connectivity index (χ0n) is 18.0. The van der Waals surface area contributed by atoms with Gasteiger partial charge in [0, 0.05) is 12.2 Å². The number of carbonyl (C=O) groups excluding carboxylic acids is 2. The number of nitrogens with zero attached hydrogens (tertiary/aromatic N) is 2. The fourth-order valence-electron chi connectivity index (χ4n) is 3.12. The highest BCUT2D eigenvalue weighted by Crippen LogP contribution is 2.18. The monoisotopic (exact) mass is 422 g/mol. The van der Waals surface area contributed by atoms with Gasteiger partial charge in [-0.3, -0.25) is 9.59 Å². The third-order valence-corrected chi connectivity index (χ3v) is 4.88. The summed E-state index contributed by atoms with van der Waals surface area (Å²) in [5.41, 5.74) is 3.28. The van der Waals surface area contributed by atoms with Crippen LogP contribution in [0.5, 0.6) is 5.75 Å². The molecule has 7 nitrogen and oxygen atoms in total. The highest BCUT2D eigenvalue weighted by molar-refractivity contribution is 5.95. The number of anilines is 1. The molecule has 3 rings (SSSR count). The number of rotatable bonds is 9. The molecule has 31 heavy (non-hydrogen) atoms. The van der Waals surface area contributed by atoms with Gasteiger partial charge in [0.05, 0.1) is 17.7 Å². The van der Waals surface area contributed by atoms with Gasteiger partial charge in [-0.2, -0.15) is 0 Å². The third-order valence-electron chi connectivity index (χ3n) is 4.88. The van der Waals surface area contributed by atoms with Crippen LogP contribution in [0.1, 0.15) is 29.5 Å². The van der Waals surface area contributed by atoms with E-state index >= 15 is 0 Å². The van der Waals surface area contributed by atoms with Crippen LogP contribution in [0.15, 0.2) is 59.1 Å². The number of para-hydroxylation sites is 1. The third kappa shape index (κ3) is 5.94. The van der Waals surface area contributed by atoms with Gasteiger partial charge in [-0.1, -0.05) is 35.5 Å². The number of aromatic nitrogens is 1. The van der Waals surface area contributed by atoms with Crippen LogP contribution in [0, 0.1) is 13.8 Å². The first-order chi connectivity index (χ1) is 15.0. The molecular weight excluding hydrogens is 396 g/mol. The fourth-order valence-corrected chi connectivity index (χ4v) is 3.12. The normalized spacial score (nSPS) is 10.5. The molecule has 7 heteroatoms. The highest BCUT2D eigenvalue weighted by Gasteiger charge is 2.16.